The van der Waals surface area contributed by atoms with Gasteiger partial charge in [-0.25, -0.2) is 4.98 Å². The van der Waals surface area contributed by atoms with Crippen LogP contribution in [0.3, 0.4) is 0 Å². The minimum atomic E-state index is 0.00921. The lowest BCUT2D eigenvalue weighted by molar-refractivity contribution is 0.112. The molecule has 0 aliphatic rings. The molecule has 64 valence electrons. The molecule has 6 heteroatoms. The molecule has 1 rings (SSSR count). The fourth-order valence-corrected chi connectivity index (χ4v) is 1.14. The van der Waals surface area contributed by atoms with Crippen molar-refractivity contribution in [1.82, 2.24) is 9.97 Å². The van der Waals surface area contributed by atoms with Crippen molar-refractivity contribution < 1.29 is 4.79 Å². The number of anilines is 1. The number of aromatic nitrogens is 2. The number of halogens is 2. The first-order valence-electron chi connectivity index (χ1n) is 3.05. The third-order valence-corrected chi connectivity index (χ3v) is 1.68. The molecule has 4 nitrogen and oxygen atoms in total. The fraction of sp³-hybridized carbons (Fsp3) is 0.167. The lowest BCUT2D eigenvalue weighted by Gasteiger charge is -2.03. The van der Waals surface area contributed by atoms with Crippen LogP contribution in [0.2, 0.25) is 10.4 Å². The number of aldehydes is 1. The van der Waals surface area contributed by atoms with Crippen LogP contribution < -0.4 is 5.32 Å². The van der Waals surface area contributed by atoms with E-state index in [9.17, 15) is 4.79 Å². The van der Waals surface area contributed by atoms with Gasteiger partial charge in [0.1, 0.15) is 11.0 Å². The van der Waals surface area contributed by atoms with E-state index >= 15 is 0 Å². The Hall–Kier alpha value is -0.870. The summed E-state index contributed by atoms with van der Waals surface area (Å²) in [6.07, 6.45) is 0.574. The van der Waals surface area contributed by atoms with E-state index in [2.05, 4.69) is 15.3 Å². The molecular weight excluding hydrogens is 201 g/mol. The summed E-state index contributed by atoms with van der Waals surface area (Å²) in [4.78, 5) is 17.8. The smallest absolute Gasteiger partial charge is 0.225 e. The van der Waals surface area contributed by atoms with Crippen LogP contribution in [0, 0.1) is 0 Å². The van der Waals surface area contributed by atoms with Crippen LogP contribution in [0.4, 0.5) is 5.82 Å². The van der Waals surface area contributed by atoms with E-state index in [1.807, 2.05) is 0 Å². The molecule has 0 saturated carbocycles. The first-order chi connectivity index (χ1) is 5.69. The number of nitrogens with zero attached hydrogens (tertiary/aromatic N) is 2. The zero-order chi connectivity index (χ0) is 9.14. The largest absolute Gasteiger partial charge is 0.372 e. The molecule has 1 N–H and O–H groups in total. The summed E-state index contributed by atoms with van der Waals surface area (Å²) in [5.74, 6) is 0.329. The van der Waals surface area contributed by atoms with E-state index in [0.717, 1.165) is 0 Å². The SMILES string of the molecule is CNc1nc(Cl)nc(Cl)c1C=O. The summed E-state index contributed by atoms with van der Waals surface area (Å²) in [6.45, 7) is 0. The van der Waals surface area contributed by atoms with Crippen LogP contribution in [-0.4, -0.2) is 23.3 Å². The maximum Gasteiger partial charge on any atom is 0.225 e. The minimum Gasteiger partial charge on any atom is -0.372 e. The van der Waals surface area contributed by atoms with E-state index in [0.29, 0.717) is 12.1 Å². The van der Waals surface area contributed by atoms with Gasteiger partial charge in [0.15, 0.2) is 6.29 Å². The van der Waals surface area contributed by atoms with Crippen molar-refractivity contribution in [3.63, 3.8) is 0 Å². The molecule has 0 radical (unpaired) electrons. The van der Waals surface area contributed by atoms with E-state index < -0.39 is 0 Å². The Bertz CT molecular complexity index is 316. The zero-order valence-electron chi connectivity index (χ0n) is 6.14. The van der Waals surface area contributed by atoms with Gasteiger partial charge in [-0.05, 0) is 11.6 Å². The quantitative estimate of drug-likeness (QED) is 0.454. The van der Waals surface area contributed by atoms with Crippen LogP contribution in [0.15, 0.2) is 0 Å². The molecule has 1 heterocycles. The Labute approximate surface area is 78.9 Å². The maximum atomic E-state index is 10.5. The Kier molecular flexibility index (Phi) is 2.83. The highest BCUT2D eigenvalue weighted by molar-refractivity contribution is 6.34. The van der Waals surface area contributed by atoms with E-state index in [4.69, 9.17) is 23.2 Å². The normalized spacial score (nSPS) is 9.58. The van der Waals surface area contributed by atoms with E-state index in [-0.39, 0.29) is 16.0 Å². The fourth-order valence-electron chi connectivity index (χ4n) is 0.711. The lowest BCUT2D eigenvalue weighted by atomic mass is 10.3. The standard InChI is InChI=1S/C6H5Cl2N3O/c1-9-5-3(2-12)4(7)10-6(8)11-5/h2H,1H3,(H,9,10,11). The van der Waals surface area contributed by atoms with Gasteiger partial charge in [0.05, 0.1) is 5.56 Å². The molecular formula is C6H5Cl2N3O. The lowest BCUT2D eigenvalue weighted by Crippen LogP contribution is -2.00. The molecule has 0 saturated heterocycles. The molecule has 0 spiro atoms. The highest BCUT2D eigenvalue weighted by Gasteiger charge is 2.09. The molecule has 0 amide bonds. The zero-order valence-corrected chi connectivity index (χ0v) is 7.65. The van der Waals surface area contributed by atoms with Gasteiger partial charge in [-0.2, -0.15) is 4.98 Å². The molecule has 0 aromatic carbocycles. The van der Waals surface area contributed by atoms with Crippen LogP contribution >= 0.6 is 23.2 Å². The molecule has 12 heavy (non-hydrogen) atoms. The summed E-state index contributed by atoms with van der Waals surface area (Å²) in [5.41, 5.74) is 0.212. The van der Waals surface area contributed by atoms with Crippen LogP contribution in [-0.2, 0) is 0 Å². The molecule has 1 aromatic rings. The topological polar surface area (TPSA) is 54.9 Å². The second kappa shape index (κ2) is 3.69. The average Bonchev–Trinajstić information content (AvgIpc) is 2.03. The molecule has 0 aliphatic heterocycles. The van der Waals surface area contributed by atoms with Crippen molar-refractivity contribution in [2.24, 2.45) is 0 Å². The number of carbonyl (C=O) groups excluding carboxylic acids is 1. The summed E-state index contributed by atoms with van der Waals surface area (Å²) in [6, 6.07) is 0. The second-order valence-corrected chi connectivity index (χ2v) is 2.61. The Morgan fingerprint density at radius 1 is 1.42 bits per heavy atom. The summed E-state index contributed by atoms with van der Waals surface area (Å²) in [5, 5.41) is 2.74. The third-order valence-electron chi connectivity index (χ3n) is 1.23. The minimum absolute atomic E-state index is 0.00921. The highest BCUT2D eigenvalue weighted by atomic mass is 35.5. The monoisotopic (exact) mass is 205 g/mol. The van der Waals surface area contributed by atoms with E-state index in [1.165, 1.54) is 0 Å². The molecule has 0 unspecified atom stereocenters. The number of hydrogen-bond donors (Lipinski definition) is 1. The number of rotatable bonds is 2. The van der Waals surface area contributed by atoms with Gasteiger partial charge in [-0.1, -0.05) is 11.6 Å². The van der Waals surface area contributed by atoms with Gasteiger partial charge in [0, 0.05) is 7.05 Å². The van der Waals surface area contributed by atoms with Gasteiger partial charge < -0.3 is 5.32 Å². The van der Waals surface area contributed by atoms with E-state index in [1.54, 1.807) is 7.05 Å². The van der Waals surface area contributed by atoms with Crippen LogP contribution in [0.1, 0.15) is 10.4 Å². The van der Waals surface area contributed by atoms with Gasteiger partial charge in [0.25, 0.3) is 0 Å². The predicted octanol–water partition coefficient (Wildman–Crippen LogP) is 1.64. The first-order valence-corrected chi connectivity index (χ1v) is 3.80. The summed E-state index contributed by atoms with van der Waals surface area (Å²) < 4.78 is 0. The van der Waals surface area contributed by atoms with Crippen molar-refractivity contribution >= 4 is 35.3 Å². The van der Waals surface area contributed by atoms with Crippen molar-refractivity contribution in [3.05, 3.63) is 16.0 Å². The predicted molar refractivity (Wildman–Crippen MR) is 47.0 cm³/mol. The van der Waals surface area contributed by atoms with Gasteiger partial charge in [0.2, 0.25) is 5.28 Å². The average molecular weight is 206 g/mol. The second-order valence-electron chi connectivity index (χ2n) is 1.91. The Morgan fingerprint density at radius 2 is 2.08 bits per heavy atom. The molecule has 0 aliphatic carbocycles. The van der Waals surface area contributed by atoms with Gasteiger partial charge in [-0.3, -0.25) is 4.79 Å². The number of nitrogens with one attached hydrogen (secondary N) is 1. The molecule has 1 aromatic heterocycles. The Balaban J connectivity index is 3.33. The van der Waals surface area contributed by atoms with Gasteiger partial charge in [-0.15, -0.1) is 0 Å². The highest BCUT2D eigenvalue weighted by Crippen LogP contribution is 2.20. The molecule has 0 bridgehead atoms. The molecule has 0 fully saturated rings. The number of hydrogen-bond acceptors (Lipinski definition) is 4. The van der Waals surface area contributed by atoms with Crippen molar-refractivity contribution in [1.29, 1.82) is 0 Å². The summed E-state index contributed by atoms with van der Waals surface area (Å²) in [7, 11) is 1.61. The van der Waals surface area contributed by atoms with Crippen molar-refractivity contribution in [2.45, 2.75) is 0 Å². The van der Waals surface area contributed by atoms with Gasteiger partial charge >= 0.3 is 0 Å². The third kappa shape index (κ3) is 1.65. The van der Waals surface area contributed by atoms with Crippen molar-refractivity contribution in [2.75, 3.05) is 12.4 Å². The van der Waals surface area contributed by atoms with Crippen LogP contribution in [0.5, 0.6) is 0 Å². The van der Waals surface area contributed by atoms with Crippen molar-refractivity contribution in [3.8, 4) is 0 Å². The molecule has 0 atom stereocenters. The number of carbonyl (C=O) groups is 1. The maximum absolute atomic E-state index is 10.5. The Morgan fingerprint density at radius 3 is 2.58 bits per heavy atom. The summed E-state index contributed by atoms with van der Waals surface area (Å²) >= 11 is 11.1. The first kappa shape index (κ1) is 9.22. The van der Waals surface area contributed by atoms with Crippen LogP contribution in [0.25, 0.3) is 0 Å².